The van der Waals surface area contributed by atoms with E-state index in [4.69, 9.17) is 4.74 Å². The van der Waals surface area contributed by atoms with E-state index in [1.54, 1.807) is 0 Å². The van der Waals surface area contributed by atoms with Gasteiger partial charge in [0.15, 0.2) is 0 Å². The van der Waals surface area contributed by atoms with Crippen LogP contribution in [0.3, 0.4) is 0 Å². The minimum atomic E-state index is 0.219. The van der Waals surface area contributed by atoms with Crippen LogP contribution in [-0.2, 0) is 4.74 Å². The molecule has 0 spiro atoms. The first-order chi connectivity index (χ1) is 9.49. The van der Waals surface area contributed by atoms with Gasteiger partial charge >= 0.3 is 0 Å². The molecular weight excluding hydrogens is 250 g/mol. The summed E-state index contributed by atoms with van der Waals surface area (Å²) in [5.41, 5.74) is 0.219. The SMILES string of the molecule is CCC(CNC(C)(C)C)N1CCC(N2CCOCC2)C1. The van der Waals surface area contributed by atoms with E-state index in [2.05, 4.69) is 42.8 Å². The van der Waals surface area contributed by atoms with Crippen LogP contribution in [0.1, 0.15) is 40.5 Å². The van der Waals surface area contributed by atoms with Crippen LogP contribution < -0.4 is 5.32 Å². The summed E-state index contributed by atoms with van der Waals surface area (Å²) in [7, 11) is 0. The molecule has 2 saturated heterocycles. The van der Waals surface area contributed by atoms with Gasteiger partial charge in [0, 0.05) is 50.3 Å². The molecule has 2 unspecified atom stereocenters. The number of nitrogens with one attached hydrogen (secondary N) is 1. The Balaban J connectivity index is 1.80. The van der Waals surface area contributed by atoms with Crippen LogP contribution in [-0.4, -0.2) is 73.4 Å². The van der Waals surface area contributed by atoms with E-state index in [0.717, 1.165) is 38.9 Å². The lowest BCUT2D eigenvalue weighted by Crippen LogP contribution is -2.49. The molecule has 118 valence electrons. The fourth-order valence-corrected chi connectivity index (χ4v) is 3.30. The van der Waals surface area contributed by atoms with Gasteiger partial charge in [0.25, 0.3) is 0 Å². The van der Waals surface area contributed by atoms with Crippen molar-refractivity contribution in [3.05, 3.63) is 0 Å². The second kappa shape index (κ2) is 7.21. The van der Waals surface area contributed by atoms with Gasteiger partial charge in [-0.05, 0) is 33.6 Å². The molecule has 2 fully saturated rings. The molecule has 2 rings (SSSR count). The molecule has 0 bridgehead atoms. The molecule has 0 aliphatic carbocycles. The molecule has 1 N–H and O–H groups in total. The van der Waals surface area contributed by atoms with Gasteiger partial charge in [-0.15, -0.1) is 0 Å². The van der Waals surface area contributed by atoms with Gasteiger partial charge in [-0.3, -0.25) is 9.80 Å². The second-order valence-corrected chi connectivity index (χ2v) is 7.28. The maximum Gasteiger partial charge on any atom is 0.0594 e. The minimum absolute atomic E-state index is 0.219. The van der Waals surface area contributed by atoms with E-state index < -0.39 is 0 Å². The van der Waals surface area contributed by atoms with Crippen molar-refractivity contribution in [2.24, 2.45) is 0 Å². The Kier molecular flexibility index (Phi) is 5.84. The third kappa shape index (κ3) is 4.69. The van der Waals surface area contributed by atoms with Gasteiger partial charge in [-0.25, -0.2) is 0 Å². The number of ether oxygens (including phenoxy) is 1. The van der Waals surface area contributed by atoms with Gasteiger partial charge in [-0.2, -0.15) is 0 Å². The highest BCUT2D eigenvalue weighted by atomic mass is 16.5. The van der Waals surface area contributed by atoms with Crippen LogP contribution in [0.2, 0.25) is 0 Å². The monoisotopic (exact) mass is 283 g/mol. The Morgan fingerprint density at radius 2 is 1.90 bits per heavy atom. The highest BCUT2D eigenvalue weighted by Crippen LogP contribution is 2.20. The third-order valence-corrected chi connectivity index (χ3v) is 4.61. The molecule has 0 radical (unpaired) electrons. The fourth-order valence-electron chi connectivity index (χ4n) is 3.30. The zero-order valence-corrected chi connectivity index (χ0v) is 13.8. The van der Waals surface area contributed by atoms with Crippen molar-refractivity contribution in [1.82, 2.24) is 15.1 Å². The van der Waals surface area contributed by atoms with Crippen molar-refractivity contribution in [2.45, 2.75) is 58.2 Å². The average molecular weight is 283 g/mol. The Morgan fingerprint density at radius 1 is 1.20 bits per heavy atom. The van der Waals surface area contributed by atoms with Crippen LogP contribution >= 0.6 is 0 Å². The molecule has 2 aliphatic rings. The van der Waals surface area contributed by atoms with Crippen LogP contribution in [0.4, 0.5) is 0 Å². The van der Waals surface area contributed by atoms with E-state index in [1.165, 1.54) is 25.9 Å². The zero-order chi connectivity index (χ0) is 14.6. The molecule has 4 nitrogen and oxygen atoms in total. The topological polar surface area (TPSA) is 27.7 Å². The maximum atomic E-state index is 5.47. The molecular formula is C16H33N3O. The minimum Gasteiger partial charge on any atom is -0.379 e. The fraction of sp³-hybridized carbons (Fsp3) is 1.00. The standard InChI is InChI=1S/C16H33N3O/c1-5-14(12-17-16(2,3)4)19-7-6-15(13-19)18-8-10-20-11-9-18/h14-15,17H,5-13H2,1-4H3. The average Bonchev–Trinajstić information content (AvgIpc) is 2.89. The van der Waals surface area contributed by atoms with E-state index in [-0.39, 0.29) is 5.54 Å². The molecule has 4 heteroatoms. The lowest BCUT2D eigenvalue weighted by Gasteiger charge is -2.34. The van der Waals surface area contributed by atoms with Crippen LogP contribution in [0.15, 0.2) is 0 Å². The number of rotatable bonds is 5. The summed E-state index contributed by atoms with van der Waals surface area (Å²) in [6.45, 7) is 16.7. The van der Waals surface area contributed by atoms with Gasteiger partial charge < -0.3 is 10.1 Å². The number of morpholine rings is 1. The van der Waals surface area contributed by atoms with Crippen molar-refractivity contribution in [1.29, 1.82) is 0 Å². The predicted molar refractivity (Wildman–Crippen MR) is 84.2 cm³/mol. The molecule has 2 atom stereocenters. The summed E-state index contributed by atoms with van der Waals surface area (Å²) < 4.78 is 5.47. The quantitative estimate of drug-likeness (QED) is 0.829. The summed E-state index contributed by atoms with van der Waals surface area (Å²) >= 11 is 0. The summed E-state index contributed by atoms with van der Waals surface area (Å²) in [5.74, 6) is 0. The normalized spacial score (nSPS) is 27.9. The Bertz CT molecular complexity index is 284. The number of hydrogen-bond acceptors (Lipinski definition) is 4. The van der Waals surface area contributed by atoms with E-state index in [0.29, 0.717) is 6.04 Å². The van der Waals surface area contributed by atoms with Crippen molar-refractivity contribution < 1.29 is 4.74 Å². The van der Waals surface area contributed by atoms with Gasteiger partial charge in [0.2, 0.25) is 0 Å². The first kappa shape index (κ1) is 16.2. The maximum absolute atomic E-state index is 5.47. The molecule has 0 saturated carbocycles. The predicted octanol–water partition coefficient (Wildman–Crippen LogP) is 1.56. The highest BCUT2D eigenvalue weighted by molar-refractivity contribution is 4.89. The van der Waals surface area contributed by atoms with Gasteiger partial charge in [-0.1, -0.05) is 6.92 Å². The summed E-state index contributed by atoms with van der Waals surface area (Å²) in [4.78, 5) is 5.33. The molecule has 0 amide bonds. The lowest BCUT2D eigenvalue weighted by atomic mass is 10.1. The van der Waals surface area contributed by atoms with Crippen molar-refractivity contribution >= 4 is 0 Å². The number of likely N-dealkylation sites (tertiary alicyclic amines) is 1. The van der Waals surface area contributed by atoms with Crippen LogP contribution in [0.25, 0.3) is 0 Å². The molecule has 2 aliphatic heterocycles. The van der Waals surface area contributed by atoms with Gasteiger partial charge in [0.1, 0.15) is 0 Å². The molecule has 2 heterocycles. The first-order valence-corrected chi connectivity index (χ1v) is 8.30. The second-order valence-electron chi connectivity index (χ2n) is 7.28. The Hall–Kier alpha value is -0.160. The molecule has 20 heavy (non-hydrogen) atoms. The third-order valence-electron chi connectivity index (χ3n) is 4.61. The van der Waals surface area contributed by atoms with E-state index in [1.807, 2.05) is 0 Å². The first-order valence-electron chi connectivity index (χ1n) is 8.30. The van der Waals surface area contributed by atoms with E-state index >= 15 is 0 Å². The summed E-state index contributed by atoms with van der Waals surface area (Å²) in [6.07, 6.45) is 2.56. The Morgan fingerprint density at radius 3 is 2.50 bits per heavy atom. The lowest BCUT2D eigenvalue weighted by molar-refractivity contribution is 0.0175. The van der Waals surface area contributed by atoms with Crippen LogP contribution in [0, 0.1) is 0 Å². The number of hydrogen-bond donors (Lipinski definition) is 1. The van der Waals surface area contributed by atoms with E-state index in [9.17, 15) is 0 Å². The van der Waals surface area contributed by atoms with Gasteiger partial charge in [0.05, 0.1) is 13.2 Å². The smallest absolute Gasteiger partial charge is 0.0594 e. The van der Waals surface area contributed by atoms with Crippen molar-refractivity contribution in [3.63, 3.8) is 0 Å². The van der Waals surface area contributed by atoms with Crippen molar-refractivity contribution in [3.8, 4) is 0 Å². The summed E-state index contributed by atoms with van der Waals surface area (Å²) in [5, 5.41) is 3.67. The molecule has 0 aromatic carbocycles. The molecule has 0 aromatic rings. The molecule has 0 aromatic heterocycles. The highest BCUT2D eigenvalue weighted by Gasteiger charge is 2.31. The van der Waals surface area contributed by atoms with Crippen LogP contribution in [0.5, 0.6) is 0 Å². The number of nitrogens with zero attached hydrogens (tertiary/aromatic N) is 2. The zero-order valence-electron chi connectivity index (χ0n) is 13.8. The Labute approximate surface area is 124 Å². The van der Waals surface area contributed by atoms with Crippen molar-refractivity contribution in [2.75, 3.05) is 45.9 Å². The largest absolute Gasteiger partial charge is 0.379 e. The summed E-state index contributed by atoms with van der Waals surface area (Å²) in [6, 6.07) is 1.43.